The van der Waals surface area contributed by atoms with E-state index in [4.69, 9.17) is 9.47 Å². The molecule has 2 rings (SSSR count). The predicted molar refractivity (Wildman–Crippen MR) is 81.5 cm³/mol. The molecule has 0 saturated heterocycles. The molecule has 0 amide bonds. The molecule has 0 aromatic heterocycles. The van der Waals surface area contributed by atoms with E-state index in [1.54, 1.807) is 14.2 Å². The molecule has 0 heterocycles. The lowest BCUT2D eigenvalue weighted by Crippen LogP contribution is -1.98. The summed E-state index contributed by atoms with van der Waals surface area (Å²) in [6.45, 7) is 2.08. The molecule has 1 atom stereocenters. The molecule has 19 heavy (non-hydrogen) atoms. The third-order valence-corrected chi connectivity index (χ3v) is 4.10. The fraction of sp³-hybridized carbons (Fsp3) is 0.250. The van der Waals surface area contributed by atoms with E-state index in [0.29, 0.717) is 0 Å². The van der Waals surface area contributed by atoms with Gasteiger partial charge in [-0.15, -0.1) is 0 Å². The van der Waals surface area contributed by atoms with E-state index in [0.717, 1.165) is 17.1 Å². The first-order valence-corrected chi connectivity index (χ1v) is 7.00. The van der Waals surface area contributed by atoms with Gasteiger partial charge in [0.05, 0.1) is 19.0 Å². The van der Waals surface area contributed by atoms with Crippen LogP contribution in [0.15, 0.2) is 42.5 Å². The van der Waals surface area contributed by atoms with Crippen LogP contribution in [0.4, 0.5) is 0 Å². The first-order chi connectivity index (χ1) is 9.15. The van der Waals surface area contributed by atoms with Crippen LogP contribution in [0.2, 0.25) is 0 Å². The Hall–Kier alpha value is -1.48. The van der Waals surface area contributed by atoms with Gasteiger partial charge < -0.3 is 9.47 Å². The summed E-state index contributed by atoms with van der Waals surface area (Å²) >= 11 is 3.74. The first kappa shape index (κ1) is 13.9. The molecule has 0 aliphatic carbocycles. The number of hydrogen-bond acceptors (Lipinski definition) is 2. The third-order valence-electron chi connectivity index (χ3n) is 3.08. The number of methoxy groups -OCH3 is 2. The minimum Gasteiger partial charge on any atom is -0.497 e. The molecule has 2 nitrogen and oxygen atoms in total. The van der Waals surface area contributed by atoms with E-state index < -0.39 is 0 Å². The van der Waals surface area contributed by atoms with E-state index in [-0.39, 0.29) is 4.83 Å². The number of aryl methyl sites for hydroxylation is 1. The Balaban J connectivity index is 2.41. The number of rotatable bonds is 4. The van der Waals surface area contributed by atoms with Crippen molar-refractivity contribution in [3.05, 3.63) is 59.2 Å². The molecule has 0 spiro atoms. The van der Waals surface area contributed by atoms with Crippen molar-refractivity contribution in [1.82, 2.24) is 0 Å². The Morgan fingerprint density at radius 2 is 1.63 bits per heavy atom. The highest BCUT2D eigenvalue weighted by molar-refractivity contribution is 9.09. The van der Waals surface area contributed by atoms with Gasteiger partial charge in [-0.05, 0) is 30.7 Å². The van der Waals surface area contributed by atoms with Crippen molar-refractivity contribution in [2.75, 3.05) is 14.2 Å². The Morgan fingerprint density at radius 1 is 0.947 bits per heavy atom. The summed E-state index contributed by atoms with van der Waals surface area (Å²) in [5.41, 5.74) is 3.50. The number of ether oxygens (including phenoxy) is 2. The molecule has 2 aromatic carbocycles. The molecule has 0 aliphatic rings. The van der Waals surface area contributed by atoms with Crippen LogP contribution in [0.3, 0.4) is 0 Å². The maximum Gasteiger partial charge on any atom is 0.123 e. The molecule has 1 unspecified atom stereocenters. The number of halogens is 1. The zero-order valence-corrected chi connectivity index (χ0v) is 12.9. The van der Waals surface area contributed by atoms with Gasteiger partial charge in [-0.2, -0.15) is 0 Å². The number of benzene rings is 2. The third kappa shape index (κ3) is 3.10. The Bertz CT molecular complexity index is 549. The Morgan fingerprint density at radius 3 is 2.21 bits per heavy atom. The van der Waals surface area contributed by atoms with Crippen LogP contribution in [0.1, 0.15) is 21.5 Å². The van der Waals surface area contributed by atoms with Crippen molar-refractivity contribution >= 4 is 15.9 Å². The summed E-state index contributed by atoms with van der Waals surface area (Å²) < 4.78 is 10.7. The highest BCUT2D eigenvalue weighted by Crippen LogP contribution is 2.38. The van der Waals surface area contributed by atoms with Gasteiger partial charge in [-0.3, -0.25) is 0 Å². The quantitative estimate of drug-likeness (QED) is 0.772. The van der Waals surface area contributed by atoms with Gasteiger partial charge in [0.15, 0.2) is 0 Å². The second-order valence-electron chi connectivity index (χ2n) is 4.38. The number of hydrogen-bond donors (Lipinski definition) is 0. The van der Waals surface area contributed by atoms with Gasteiger partial charge in [0.1, 0.15) is 11.5 Å². The molecule has 3 heteroatoms. The normalized spacial score (nSPS) is 12.0. The fourth-order valence-electron chi connectivity index (χ4n) is 1.95. The molecule has 0 bridgehead atoms. The average molecular weight is 321 g/mol. The highest BCUT2D eigenvalue weighted by atomic mass is 79.9. The van der Waals surface area contributed by atoms with Crippen LogP contribution in [0.5, 0.6) is 11.5 Å². The minimum absolute atomic E-state index is 0.0816. The van der Waals surface area contributed by atoms with Crippen LogP contribution < -0.4 is 9.47 Å². The summed E-state index contributed by atoms with van der Waals surface area (Å²) in [5, 5.41) is 0. The summed E-state index contributed by atoms with van der Waals surface area (Å²) in [6.07, 6.45) is 0. The van der Waals surface area contributed by atoms with Crippen LogP contribution >= 0.6 is 15.9 Å². The second-order valence-corrected chi connectivity index (χ2v) is 5.30. The van der Waals surface area contributed by atoms with E-state index in [1.807, 2.05) is 18.2 Å². The zero-order chi connectivity index (χ0) is 13.8. The maximum atomic E-state index is 5.43. The van der Waals surface area contributed by atoms with Gasteiger partial charge in [0, 0.05) is 5.56 Å². The summed E-state index contributed by atoms with van der Waals surface area (Å²) in [6, 6.07) is 14.3. The van der Waals surface area contributed by atoms with Crippen LogP contribution in [0.25, 0.3) is 0 Å². The average Bonchev–Trinajstić information content (AvgIpc) is 2.46. The molecule has 100 valence electrons. The molecular formula is C16H17BrO2. The van der Waals surface area contributed by atoms with E-state index in [9.17, 15) is 0 Å². The molecule has 0 saturated carbocycles. The Kier molecular flexibility index (Phi) is 4.48. The van der Waals surface area contributed by atoms with Gasteiger partial charge in [-0.1, -0.05) is 45.8 Å². The fourth-order valence-corrected chi connectivity index (χ4v) is 2.62. The van der Waals surface area contributed by atoms with Crippen molar-refractivity contribution in [2.45, 2.75) is 11.8 Å². The SMILES string of the molecule is COc1ccc(OC)c(C(Br)c2ccc(C)cc2)c1. The van der Waals surface area contributed by atoms with Gasteiger partial charge in [0.25, 0.3) is 0 Å². The number of alkyl halides is 1. The standard InChI is InChI=1S/C16H17BrO2/c1-11-4-6-12(7-5-11)16(17)14-10-13(18-2)8-9-15(14)19-3/h4-10,16H,1-3H3. The van der Waals surface area contributed by atoms with Crippen molar-refractivity contribution in [1.29, 1.82) is 0 Å². The molecule has 0 radical (unpaired) electrons. The molecular weight excluding hydrogens is 304 g/mol. The molecule has 2 aromatic rings. The minimum atomic E-state index is 0.0816. The summed E-state index contributed by atoms with van der Waals surface area (Å²) in [5.74, 6) is 1.68. The zero-order valence-electron chi connectivity index (χ0n) is 11.3. The lowest BCUT2D eigenvalue weighted by molar-refractivity contribution is 0.399. The van der Waals surface area contributed by atoms with Gasteiger partial charge >= 0.3 is 0 Å². The lowest BCUT2D eigenvalue weighted by Gasteiger charge is -2.16. The van der Waals surface area contributed by atoms with Gasteiger partial charge in [0.2, 0.25) is 0 Å². The van der Waals surface area contributed by atoms with Crippen molar-refractivity contribution < 1.29 is 9.47 Å². The molecule has 0 N–H and O–H groups in total. The van der Waals surface area contributed by atoms with E-state index >= 15 is 0 Å². The van der Waals surface area contributed by atoms with Crippen molar-refractivity contribution in [2.24, 2.45) is 0 Å². The Labute approximate surface area is 122 Å². The summed E-state index contributed by atoms with van der Waals surface area (Å²) in [4.78, 5) is 0.0816. The smallest absolute Gasteiger partial charge is 0.123 e. The van der Waals surface area contributed by atoms with Gasteiger partial charge in [-0.25, -0.2) is 0 Å². The second kappa shape index (κ2) is 6.11. The lowest BCUT2D eigenvalue weighted by atomic mass is 10.0. The maximum absolute atomic E-state index is 5.43. The van der Waals surface area contributed by atoms with Crippen molar-refractivity contribution in [3.63, 3.8) is 0 Å². The predicted octanol–water partition coefficient (Wildman–Crippen LogP) is 4.50. The topological polar surface area (TPSA) is 18.5 Å². The van der Waals surface area contributed by atoms with E-state index in [1.165, 1.54) is 11.1 Å². The summed E-state index contributed by atoms with van der Waals surface area (Å²) in [7, 11) is 3.35. The van der Waals surface area contributed by atoms with Crippen molar-refractivity contribution in [3.8, 4) is 11.5 Å². The first-order valence-electron chi connectivity index (χ1n) is 6.08. The molecule has 0 fully saturated rings. The monoisotopic (exact) mass is 320 g/mol. The highest BCUT2D eigenvalue weighted by Gasteiger charge is 2.16. The van der Waals surface area contributed by atoms with Crippen LogP contribution in [-0.2, 0) is 0 Å². The molecule has 0 aliphatic heterocycles. The van der Waals surface area contributed by atoms with Crippen LogP contribution in [-0.4, -0.2) is 14.2 Å². The van der Waals surface area contributed by atoms with Crippen LogP contribution in [0, 0.1) is 6.92 Å². The van der Waals surface area contributed by atoms with E-state index in [2.05, 4.69) is 47.1 Å². The largest absolute Gasteiger partial charge is 0.497 e.